The molecule has 1 fully saturated rings. The van der Waals surface area contributed by atoms with Crippen LogP contribution in [0.4, 0.5) is 10.2 Å². The van der Waals surface area contributed by atoms with Crippen LogP contribution in [-0.2, 0) is 4.79 Å². The summed E-state index contributed by atoms with van der Waals surface area (Å²) in [4.78, 5) is 21.6. The lowest BCUT2D eigenvalue weighted by molar-refractivity contribution is -0.141. The zero-order valence-electron chi connectivity index (χ0n) is 11.9. The van der Waals surface area contributed by atoms with E-state index in [-0.39, 0.29) is 11.7 Å². The number of piperidine rings is 1. The molecule has 1 aromatic carbocycles. The Hall–Kier alpha value is -2.50. The van der Waals surface area contributed by atoms with Crippen LogP contribution in [0.5, 0.6) is 0 Å². The Labute approximate surface area is 127 Å². The van der Waals surface area contributed by atoms with Crippen molar-refractivity contribution in [2.24, 2.45) is 5.92 Å². The highest BCUT2D eigenvalue weighted by Gasteiger charge is 2.26. The van der Waals surface area contributed by atoms with Gasteiger partial charge in [0.2, 0.25) is 0 Å². The number of rotatable bonds is 3. The SMILES string of the molecule is O=C(O)C1CCCN(c2cc(-c3ccc(F)cc3)ncn2)C1. The number of aromatic nitrogens is 2. The second-order valence-electron chi connectivity index (χ2n) is 5.39. The lowest BCUT2D eigenvalue weighted by atomic mass is 9.98. The summed E-state index contributed by atoms with van der Waals surface area (Å²) in [6.45, 7) is 1.23. The van der Waals surface area contributed by atoms with Crippen molar-refractivity contribution in [2.75, 3.05) is 18.0 Å². The van der Waals surface area contributed by atoms with E-state index >= 15 is 0 Å². The molecule has 6 heteroatoms. The summed E-state index contributed by atoms with van der Waals surface area (Å²) in [5.74, 6) is -0.714. The molecule has 1 aromatic heterocycles. The lowest BCUT2D eigenvalue weighted by Gasteiger charge is -2.31. The molecule has 1 aliphatic rings. The van der Waals surface area contributed by atoms with Gasteiger partial charge in [0.1, 0.15) is 18.0 Å². The van der Waals surface area contributed by atoms with Gasteiger partial charge >= 0.3 is 5.97 Å². The fourth-order valence-electron chi connectivity index (χ4n) is 2.69. The normalized spacial score (nSPS) is 18.2. The summed E-state index contributed by atoms with van der Waals surface area (Å²) >= 11 is 0. The highest BCUT2D eigenvalue weighted by atomic mass is 19.1. The minimum Gasteiger partial charge on any atom is -0.481 e. The number of hydrogen-bond acceptors (Lipinski definition) is 4. The van der Waals surface area contributed by atoms with Gasteiger partial charge in [0.25, 0.3) is 0 Å². The third kappa shape index (κ3) is 3.05. The fraction of sp³-hybridized carbons (Fsp3) is 0.312. The Morgan fingerprint density at radius 2 is 2.05 bits per heavy atom. The van der Waals surface area contributed by atoms with Crippen molar-refractivity contribution in [3.05, 3.63) is 42.5 Å². The number of carboxylic acid groups (broad SMARTS) is 1. The zero-order valence-corrected chi connectivity index (χ0v) is 11.9. The molecule has 1 unspecified atom stereocenters. The molecule has 0 amide bonds. The van der Waals surface area contributed by atoms with Crippen molar-refractivity contribution < 1.29 is 14.3 Å². The number of nitrogens with zero attached hydrogens (tertiary/aromatic N) is 3. The number of benzene rings is 1. The molecule has 1 aliphatic heterocycles. The van der Waals surface area contributed by atoms with Crippen molar-refractivity contribution in [1.82, 2.24) is 9.97 Å². The molecule has 0 spiro atoms. The summed E-state index contributed by atoms with van der Waals surface area (Å²) < 4.78 is 13.0. The third-order valence-electron chi connectivity index (χ3n) is 3.89. The third-order valence-corrected chi connectivity index (χ3v) is 3.89. The summed E-state index contributed by atoms with van der Waals surface area (Å²) in [6.07, 6.45) is 2.98. The van der Waals surface area contributed by atoms with Gasteiger partial charge in [0.15, 0.2) is 0 Å². The summed E-state index contributed by atoms with van der Waals surface area (Å²) in [7, 11) is 0. The van der Waals surface area contributed by atoms with Crippen molar-refractivity contribution >= 4 is 11.8 Å². The summed E-state index contributed by atoms with van der Waals surface area (Å²) in [5.41, 5.74) is 1.50. The summed E-state index contributed by atoms with van der Waals surface area (Å²) in [6, 6.07) is 7.92. The molecule has 3 rings (SSSR count). The van der Waals surface area contributed by atoms with E-state index in [1.165, 1.54) is 18.5 Å². The molecule has 0 aliphatic carbocycles. The lowest BCUT2D eigenvalue weighted by Crippen LogP contribution is -2.39. The maximum absolute atomic E-state index is 13.0. The van der Waals surface area contributed by atoms with E-state index in [0.717, 1.165) is 18.5 Å². The standard InChI is InChI=1S/C16H16FN3O2/c17-13-5-3-11(4-6-13)14-8-15(19-10-18-14)20-7-1-2-12(9-20)16(21)22/h3-6,8,10,12H,1-2,7,9H2,(H,21,22). The monoisotopic (exact) mass is 301 g/mol. The Morgan fingerprint density at radius 3 is 2.77 bits per heavy atom. The molecule has 1 atom stereocenters. The highest BCUT2D eigenvalue weighted by Crippen LogP contribution is 2.25. The quantitative estimate of drug-likeness (QED) is 0.944. The molecule has 2 aromatic rings. The number of anilines is 1. The van der Waals surface area contributed by atoms with E-state index in [4.69, 9.17) is 5.11 Å². The average molecular weight is 301 g/mol. The van der Waals surface area contributed by atoms with Gasteiger partial charge in [-0.15, -0.1) is 0 Å². The molecule has 5 nitrogen and oxygen atoms in total. The number of carbonyl (C=O) groups is 1. The summed E-state index contributed by atoms with van der Waals surface area (Å²) in [5, 5.41) is 9.17. The highest BCUT2D eigenvalue weighted by molar-refractivity contribution is 5.71. The van der Waals surface area contributed by atoms with Gasteiger partial charge < -0.3 is 10.0 Å². The van der Waals surface area contributed by atoms with E-state index in [9.17, 15) is 9.18 Å². The van der Waals surface area contributed by atoms with Crippen LogP contribution in [0.1, 0.15) is 12.8 Å². The van der Waals surface area contributed by atoms with Crippen LogP contribution < -0.4 is 4.90 Å². The molecule has 0 bridgehead atoms. The maximum Gasteiger partial charge on any atom is 0.308 e. The Balaban J connectivity index is 1.84. The molecule has 1 saturated heterocycles. The molecule has 22 heavy (non-hydrogen) atoms. The first-order chi connectivity index (χ1) is 10.6. The van der Waals surface area contributed by atoms with Gasteiger partial charge in [-0.25, -0.2) is 14.4 Å². The first kappa shape index (κ1) is 14.4. The Bertz CT molecular complexity index is 675. The second-order valence-corrected chi connectivity index (χ2v) is 5.39. The second kappa shape index (κ2) is 6.09. The van der Waals surface area contributed by atoms with Crippen LogP contribution in [0.25, 0.3) is 11.3 Å². The van der Waals surface area contributed by atoms with Crippen molar-refractivity contribution in [2.45, 2.75) is 12.8 Å². The predicted octanol–water partition coefficient (Wildman–Crippen LogP) is 2.58. The number of carboxylic acids is 1. The van der Waals surface area contributed by atoms with Gasteiger partial charge in [0, 0.05) is 24.7 Å². The van der Waals surface area contributed by atoms with Crippen LogP contribution >= 0.6 is 0 Å². The minimum atomic E-state index is -0.766. The van der Waals surface area contributed by atoms with Crippen LogP contribution in [-0.4, -0.2) is 34.1 Å². The van der Waals surface area contributed by atoms with Crippen molar-refractivity contribution in [3.63, 3.8) is 0 Å². The van der Waals surface area contributed by atoms with Crippen molar-refractivity contribution in [3.8, 4) is 11.3 Å². The minimum absolute atomic E-state index is 0.293. The maximum atomic E-state index is 13.0. The van der Waals surface area contributed by atoms with Gasteiger partial charge in [-0.1, -0.05) is 0 Å². The van der Waals surface area contributed by atoms with Crippen LogP contribution in [0.3, 0.4) is 0 Å². The van der Waals surface area contributed by atoms with E-state index in [1.807, 2.05) is 11.0 Å². The molecular formula is C16H16FN3O2. The first-order valence-electron chi connectivity index (χ1n) is 7.19. The first-order valence-corrected chi connectivity index (χ1v) is 7.19. The molecular weight excluding hydrogens is 285 g/mol. The molecule has 0 radical (unpaired) electrons. The molecule has 114 valence electrons. The largest absolute Gasteiger partial charge is 0.481 e. The fourth-order valence-corrected chi connectivity index (χ4v) is 2.69. The van der Waals surface area contributed by atoms with Gasteiger partial charge in [-0.2, -0.15) is 0 Å². The van der Waals surface area contributed by atoms with Gasteiger partial charge in [0.05, 0.1) is 11.6 Å². The van der Waals surface area contributed by atoms with Crippen LogP contribution in [0, 0.1) is 11.7 Å². The number of hydrogen-bond donors (Lipinski definition) is 1. The smallest absolute Gasteiger partial charge is 0.308 e. The molecule has 2 heterocycles. The predicted molar refractivity (Wildman–Crippen MR) is 80.0 cm³/mol. The topological polar surface area (TPSA) is 66.3 Å². The van der Waals surface area contributed by atoms with E-state index in [0.29, 0.717) is 24.5 Å². The van der Waals surface area contributed by atoms with Crippen LogP contribution in [0.15, 0.2) is 36.7 Å². The number of aliphatic carboxylic acids is 1. The Morgan fingerprint density at radius 1 is 1.27 bits per heavy atom. The van der Waals surface area contributed by atoms with Crippen LogP contribution in [0.2, 0.25) is 0 Å². The Kier molecular flexibility index (Phi) is 4.00. The average Bonchev–Trinajstić information content (AvgIpc) is 2.56. The van der Waals surface area contributed by atoms with Gasteiger partial charge in [-0.3, -0.25) is 4.79 Å². The van der Waals surface area contributed by atoms with Crippen molar-refractivity contribution in [1.29, 1.82) is 0 Å². The van der Waals surface area contributed by atoms with E-state index in [1.54, 1.807) is 12.1 Å². The molecule has 0 saturated carbocycles. The molecule has 1 N–H and O–H groups in total. The zero-order chi connectivity index (χ0) is 15.5. The number of halogens is 1. The van der Waals surface area contributed by atoms with E-state index in [2.05, 4.69) is 9.97 Å². The van der Waals surface area contributed by atoms with E-state index < -0.39 is 5.97 Å². The van der Waals surface area contributed by atoms with Gasteiger partial charge in [-0.05, 0) is 37.1 Å².